The molecule has 0 aliphatic carbocycles. The molecule has 2 fully saturated rings. The molecule has 3 heterocycles. The van der Waals surface area contributed by atoms with Gasteiger partial charge in [-0.25, -0.2) is 0 Å². The molecule has 2 aromatic carbocycles. The summed E-state index contributed by atoms with van der Waals surface area (Å²) in [7, 11) is -0.968. The molecule has 1 atom stereocenters. The fraction of sp³-hybridized carbons (Fsp3) is 0.480. The number of nitrogens with zero attached hydrogens (tertiary/aromatic N) is 2. The molecule has 0 bridgehead atoms. The zero-order valence-corrected chi connectivity index (χ0v) is 19.0. The van der Waals surface area contributed by atoms with Crippen molar-refractivity contribution in [2.24, 2.45) is 5.41 Å². The van der Waals surface area contributed by atoms with Crippen LogP contribution in [0.3, 0.4) is 0 Å². The van der Waals surface area contributed by atoms with Crippen molar-refractivity contribution in [1.82, 2.24) is 9.80 Å². The van der Waals surface area contributed by atoms with Crippen molar-refractivity contribution in [2.75, 3.05) is 32.5 Å². The predicted molar refractivity (Wildman–Crippen MR) is 121 cm³/mol. The number of likely N-dealkylation sites (tertiary alicyclic amines) is 2. The third kappa shape index (κ3) is 4.41. The average Bonchev–Trinajstić information content (AvgIpc) is 3.34. The van der Waals surface area contributed by atoms with Gasteiger partial charge in [0.2, 0.25) is 5.91 Å². The second-order valence-electron chi connectivity index (χ2n) is 9.34. The van der Waals surface area contributed by atoms with Gasteiger partial charge in [0, 0.05) is 54.4 Å². The minimum atomic E-state index is -0.968. The minimum absolute atomic E-state index is 0.124. The quantitative estimate of drug-likeness (QED) is 0.718. The van der Waals surface area contributed by atoms with E-state index in [1.807, 2.05) is 29.2 Å². The van der Waals surface area contributed by atoms with Gasteiger partial charge in [0.25, 0.3) is 0 Å². The third-order valence-electron chi connectivity index (χ3n) is 7.12. The Labute approximate surface area is 186 Å². The number of fused-ring (bicyclic) bond motifs is 1. The molecule has 0 radical (unpaired) electrons. The predicted octanol–water partition coefficient (Wildman–Crippen LogP) is 3.37. The number of hydrogen-bond acceptors (Lipinski definition) is 4. The topological polar surface area (TPSA) is 49.9 Å². The molecule has 2 saturated heterocycles. The summed E-state index contributed by atoms with van der Waals surface area (Å²) in [6.07, 6.45) is 5.53. The maximum Gasteiger partial charge on any atom is 0.223 e. The second-order valence-corrected chi connectivity index (χ2v) is 10.7. The summed E-state index contributed by atoms with van der Waals surface area (Å²) in [5.41, 5.74) is 3.87. The molecule has 3 aliphatic rings. The Morgan fingerprint density at radius 3 is 2.52 bits per heavy atom. The van der Waals surface area contributed by atoms with Gasteiger partial charge >= 0.3 is 0 Å². The summed E-state index contributed by atoms with van der Waals surface area (Å²) in [6, 6.07) is 14.5. The van der Waals surface area contributed by atoms with E-state index in [1.54, 1.807) is 6.26 Å². The molecule has 1 amide bonds. The maximum atomic E-state index is 12.8. The van der Waals surface area contributed by atoms with Crippen LogP contribution in [0.1, 0.15) is 36.0 Å². The van der Waals surface area contributed by atoms with Crippen molar-refractivity contribution in [1.29, 1.82) is 0 Å². The van der Waals surface area contributed by atoms with Crippen LogP contribution in [-0.2, 0) is 35.1 Å². The molecule has 0 saturated carbocycles. The lowest BCUT2D eigenvalue weighted by molar-refractivity contribution is -0.128. The summed E-state index contributed by atoms with van der Waals surface area (Å²) >= 11 is 0. The van der Waals surface area contributed by atoms with Gasteiger partial charge in [0.1, 0.15) is 5.75 Å². The molecule has 31 heavy (non-hydrogen) atoms. The van der Waals surface area contributed by atoms with E-state index >= 15 is 0 Å². The van der Waals surface area contributed by atoms with Crippen molar-refractivity contribution in [3.8, 4) is 5.75 Å². The molecule has 2 aromatic rings. The lowest BCUT2D eigenvalue weighted by Gasteiger charge is -2.39. The van der Waals surface area contributed by atoms with Gasteiger partial charge in [-0.15, -0.1) is 0 Å². The molecule has 5 rings (SSSR count). The van der Waals surface area contributed by atoms with E-state index in [-0.39, 0.29) is 11.3 Å². The van der Waals surface area contributed by atoms with Crippen molar-refractivity contribution in [2.45, 2.75) is 43.7 Å². The van der Waals surface area contributed by atoms with Gasteiger partial charge < -0.3 is 9.64 Å². The monoisotopic (exact) mass is 438 g/mol. The molecule has 0 N–H and O–H groups in total. The van der Waals surface area contributed by atoms with Gasteiger partial charge in [-0.2, -0.15) is 0 Å². The van der Waals surface area contributed by atoms with Crippen molar-refractivity contribution in [3.05, 3.63) is 59.2 Å². The smallest absolute Gasteiger partial charge is 0.223 e. The van der Waals surface area contributed by atoms with Crippen LogP contribution in [-0.4, -0.2) is 52.4 Å². The van der Waals surface area contributed by atoms with Crippen LogP contribution in [0.4, 0.5) is 0 Å². The van der Waals surface area contributed by atoms with Crippen LogP contribution >= 0.6 is 0 Å². The van der Waals surface area contributed by atoms with Gasteiger partial charge in [-0.1, -0.05) is 24.3 Å². The van der Waals surface area contributed by atoms with Gasteiger partial charge in [0.15, 0.2) is 0 Å². The highest BCUT2D eigenvalue weighted by Gasteiger charge is 2.44. The SMILES string of the molecule is CS(=O)c1ccc(CN2CC3(CCN(Cc4ccc5c(c4)OCC5)CC3)CC2=O)cc1. The Kier molecular flexibility index (Phi) is 5.61. The van der Waals surface area contributed by atoms with E-state index < -0.39 is 10.8 Å². The van der Waals surface area contributed by atoms with Gasteiger partial charge in [-0.3, -0.25) is 13.9 Å². The minimum Gasteiger partial charge on any atom is -0.493 e. The summed E-state index contributed by atoms with van der Waals surface area (Å²) in [4.78, 5) is 18.1. The van der Waals surface area contributed by atoms with Crippen LogP contribution in [0.2, 0.25) is 0 Å². The van der Waals surface area contributed by atoms with E-state index in [4.69, 9.17) is 4.74 Å². The van der Waals surface area contributed by atoms with E-state index in [0.717, 1.165) is 68.3 Å². The van der Waals surface area contributed by atoms with E-state index in [1.165, 1.54) is 11.1 Å². The first kappa shape index (κ1) is 20.7. The average molecular weight is 439 g/mol. The van der Waals surface area contributed by atoms with Crippen LogP contribution in [0.5, 0.6) is 5.75 Å². The maximum absolute atomic E-state index is 12.8. The molecule has 0 aromatic heterocycles. The molecule has 1 unspecified atom stereocenters. The number of benzene rings is 2. The lowest BCUT2D eigenvalue weighted by atomic mass is 9.77. The summed E-state index contributed by atoms with van der Waals surface area (Å²) in [6.45, 7) is 5.34. The van der Waals surface area contributed by atoms with Crippen LogP contribution in [0.15, 0.2) is 47.4 Å². The van der Waals surface area contributed by atoms with Crippen molar-refractivity contribution in [3.63, 3.8) is 0 Å². The molecule has 1 spiro atoms. The number of amides is 1. The van der Waals surface area contributed by atoms with Crippen LogP contribution < -0.4 is 4.74 Å². The Hall–Kier alpha value is -2.18. The summed E-state index contributed by atoms with van der Waals surface area (Å²) < 4.78 is 17.3. The molecular formula is C25H30N2O3S. The fourth-order valence-electron chi connectivity index (χ4n) is 5.22. The van der Waals surface area contributed by atoms with Crippen LogP contribution in [0, 0.1) is 5.41 Å². The molecule has 6 heteroatoms. The molecule has 164 valence electrons. The van der Waals surface area contributed by atoms with E-state index in [2.05, 4.69) is 23.1 Å². The van der Waals surface area contributed by atoms with Gasteiger partial charge in [-0.05, 0) is 66.2 Å². The second kappa shape index (κ2) is 8.40. The zero-order valence-electron chi connectivity index (χ0n) is 18.1. The van der Waals surface area contributed by atoms with E-state index in [9.17, 15) is 9.00 Å². The van der Waals surface area contributed by atoms with Crippen molar-refractivity contribution < 1.29 is 13.7 Å². The summed E-state index contributed by atoms with van der Waals surface area (Å²) in [5, 5.41) is 0. The highest BCUT2D eigenvalue weighted by molar-refractivity contribution is 7.84. The summed E-state index contributed by atoms with van der Waals surface area (Å²) in [5.74, 6) is 1.33. The fourth-order valence-corrected chi connectivity index (χ4v) is 5.74. The largest absolute Gasteiger partial charge is 0.493 e. The standard InChI is InChI=1S/C25H30N2O3S/c1-31(29)22-6-3-19(4-7-22)17-27-18-25(15-24(27)28)9-11-26(12-10-25)16-20-2-5-21-8-13-30-23(21)14-20/h2-7,14H,8-13,15-18H2,1H3. The molecule has 5 nitrogen and oxygen atoms in total. The highest BCUT2D eigenvalue weighted by Crippen LogP contribution is 2.42. The first-order chi connectivity index (χ1) is 15.0. The normalized spacial score (nSPS) is 21.3. The first-order valence-electron chi connectivity index (χ1n) is 11.2. The van der Waals surface area contributed by atoms with Gasteiger partial charge in [0.05, 0.1) is 6.61 Å². The Bertz CT molecular complexity index is 996. The number of rotatable bonds is 5. The van der Waals surface area contributed by atoms with E-state index in [0.29, 0.717) is 13.0 Å². The number of ether oxygens (including phenoxy) is 1. The first-order valence-corrected chi connectivity index (χ1v) is 12.7. The molecular weight excluding hydrogens is 408 g/mol. The number of carbonyl (C=O) groups is 1. The lowest BCUT2D eigenvalue weighted by Crippen LogP contribution is -2.41. The number of piperidine rings is 1. The highest BCUT2D eigenvalue weighted by atomic mass is 32.2. The Morgan fingerprint density at radius 2 is 1.77 bits per heavy atom. The molecule has 3 aliphatic heterocycles. The van der Waals surface area contributed by atoms with Crippen LogP contribution in [0.25, 0.3) is 0 Å². The Balaban J connectivity index is 1.17. The zero-order chi connectivity index (χ0) is 21.4. The third-order valence-corrected chi connectivity index (χ3v) is 8.05. The number of carbonyl (C=O) groups excluding carboxylic acids is 1. The van der Waals surface area contributed by atoms with Crippen molar-refractivity contribution >= 4 is 16.7 Å². The number of hydrogen-bond donors (Lipinski definition) is 0. The Morgan fingerprint density at radius 1 is 1.03 bits per heavy atom.